The van der Waals surface area contributed by atoms with Gasteiger partial charge in [0.15, 0.2) is 6.29 Å². The van der Waals surface area contributed by atoms with Gasteiger partial charge in [-0.3, -0.25) is 4.79 Å². The molecule has 8 atom stereocenters. The summed E-state index contributed by atoms with van der Waals surface area (Å²) < 4.78 is 5.61. The van der Waals surface area contributed by atoms with E-state index in [0.29, 0.717) is 22.9 Å². The number of rotatable bonds is 2. The standard InChI is InChI=1S/C24H35NO3/c1-22(27)10-11-23(2)15(13-22)4-5-17-18-6-7-20(21-12-16(14-26)25-28-21)24(18,3)9-8-19(17)23/h12,14-15,17-20,27H,4-11,13H2,1-3H3/t15?,17?,18?,19?,20-,22-,23+,24+/m1/s1. The maximum atomic E-state index is 11.1. The number of carbonyl (C=O) groups excluding carboxylic acids is 1. The molecule has 0 saturated heterocycles. The number of fused-ring (bicyclic) bond motifs is 5. The quantitative estimate of drug-likeness (QED) is 0.696. The van der Waals surface area contributed by atoms with Crippen molar-refractivity contribution in [2.24, 2.45) is 34.5 Å². The molecule has 4 saturated carbocycles. The first kappa shape index (κ1) is 18.8. The Kier molecular flexibility index (Phi) is 4.15. The fraction of sp³-hybridized carbons (Fsp3) is 0.833. The monoisotopic (exact) mass is 385 g/mol. The molecule has 4 fully saturated rings. The topological polar surface area (TPSA) is 63.3 Å². The van der Waals surface area contributed by atoms with Crippen LogP contribution >= 0.6 is 0 Å². The molecule has 4 unspecified atom stereocenters. The summed E-state index contributed by atoms with van der Waals surface area (Å²) in [6.45, 7) is 7.07. The molecule has 1 aromatic heterocycles. The van der Waals surface area contributed by atoms with Crippen molar-refractivity contribution in [3.8, 4) is 0 Å². The van der Waals surface area contributed by atoms with E-state index in [1.165, 1.54) is 38.5 Å². The molecule has 0 spiro atoms. The van der Waals surface area contributed by atoms with E-state index in [4.69, 9.17) is 4.52 Å². The van der Waals surface area contributed by atoms with E-state index in [1.807, 2.05) is 13.0 Å². The predicted molar refractivity (Wildman–Crippen MR) is 107 cm³/mol. The summed E-state index contributed by atoms with van der Waals surface area (Å²) in [5, 5.41) is 14.6. The van der Waals surface area contributed by atoms with E-state index in [2.05, 4.69) is 19.0 Å². The van der Waals surface area contributed by atoms with Crippen molar-refractivity contribution in [2.75, 3.05) is 0 Å². The number of aliphatic hydroxyl groups is 1. The average Bonchev–Trinajstić information content (AvgIpc) is 3.25. The van der Waals surface area contributed by atoms with Crippen LogP contribution in [0.1, 0.15) is 101 Å². The lowest BCUT2D eigenvalue weighted by molar-refractivity contribution is -0.144. The van der Waals surface area contributed by atoms with E-state index >= 15 is 0 Å². The second-order valence-electron chi connectivity index (χ2n) is 11.3. The van der Waals surface area contributed by atoms with Gasteiger partial charge in [-0.1, -0.05) is 19.0 Å². The van der Waals surface area contributed by atoms with Gasteiger partial charge in [-0.15, -0.1) is 0 Å². The summed E-state index contributed by atoms with van der Waals surface area (Å²) >= 11 is 0. The van der Waals surface area contributed by atoms with Crippen molar-refractivity contribution in [3.05, 3.63) is 17.5 Å². The van der Waals surface area contributed by atoms with Crippen molar-refractivity contribution < 1.29 is 14.4 Å². The zero-order valence-electron chi connectivity index (χ0n) is 17.6. The van der Waals surface area contributed by atoms with E-state index in [9.17, 15) is 9.90 Å². The summed E-state index contributed by atoms with van der Waals surface area (Å²) in [5.41, 5.74) is 0.644. The van der Waals surface area contributed by atoms with Crippen LogP contribution in [-0.4, -0.2) is 22.2 Å². The predicted octanol–water partition coefficient (Wildman–Crippen LogP) is 5.36. The molecule has 4 nitrogen and oxygen atoms in total. The number of carbonyl (C=O) groups is 1. The van der Waals surface area contributed by atoms with Gasteiger partial charge in [0.05, 0.1) is 5.60 Å². The van der Waals surface area contributed by atoms with Gasteiger partial charge in [0.25, 0.3) is 0 Å². The van der Waals surface area contributed by atoms with Crippen LogP contribution in [0.3, 0.4) is 0 Å². The summed E-state index contributed by atoms with van der Waals surface area (Å²) in [4.78, 5) is 11.1. The number of hydrogen-bond donors (Lipinski definition) is 1. The molecule has 0 bridgehead atoms. The first-order valence-corrected chi connectivity index (χ1v) is 11.4. The first-order chi connectivity index (χ1) is 13.3. The maximum Gasteiger partial charge on any atom is 0.171 e. The molecule has 1 aromatic rings. The van der Waals surface area contributed by atoms with Gasteiger partial charge in [-0.25, -0.2) is 0 Å². The Morgan fingerprint density at radius 3 is 2.57 bits per heavy atom. The largest absolute Gasteiger partial charge is 0.390 e. The molecule has 0 amide bonds. The fourth-order valence-electron chi connectivity index (χ4n) is 8.42. The lowest BCUT2D eigenvalue weighted by atomic mass is 9.44. The second-order valence-corrected chi connectivity index (χ2v) is 11.3. The molecule has 5 rings (SSSR count). The Labute approximate surface area is 168 Å². The van der Waals surface area contributed by atoms with Crippen molar-refractivity contribution >= 4 is 6.29 Å². The second kappa shape index (κ2) is 6.17. The van der Waals surface area contributed by atoms with Crippen LogP contribution in [0.5, 0.6) is 0 Å². The number of aldehydes is 1. The van der Waals surface area contributed by atoms with Crippen LogP contribution in [0, 0.1) is 34.5 Å². The first-order valence-electron chi connectivity index (χ1n) is 11.4. The van der Waals surface area contributed by atoms with Crippen molar-refractivity contribution in [2.45, 2.75) is 90.1 Å². The Morgan fingerprint density at radius 2 is 1.82 bits per heavy atom. The van der Waals surface area contributed by atoms with Crippen molar-refractivity contribution in [3.63, 3.8) is 0 Å². The molecule has 4 aliphatic rings. The van der Waals surface area contributed by atoms with Gasteiger partial charge in [-0.2, -0.15) is 0 Å². The van der Waals surface area contributed by atoms with Crippen LogP contribution in [0.4, 0.5) is 0 Å². The van der Waals surface area contributed by atoms with Crippen LogP contribution in [0.15, 0.2) is 10.6 Å². The molecule has 154 valence electrons. The normalized spacial score (nSPS) is 50.5. The third kappa shape index (κ3) is 2.59. The summed E-state index contributed by atoms with van der Waals surface area (Å²) in [7, 11) is 0. The van der Waals surface area contributed by atoms with Crippen LogP contribution in [-0.2, 0) is 0 Å². The molecular formula is C24H35NO3. The van der Waals surface area contributed by atoms with Gasteiger partial charge in [0.1, 0.15) is 11.5 Å². The highest BCUT2D eigenvalue weighted by molar-refractivity contribution is 5.71. The van der Waals surface area contributed by atoms with Crippen molar-refractivity contribution in [1.82, 2.24) is 5.16 Å². The zero-order valence-corrected chi connectivity index (χ0v) is 17.6. The van der Waals surface area contributed by atoms with E-state index < -0.39 is 5.60 Å². The lowest BCUT2D eigenvalue weighted by Crippen LogP contribution is -2.55. The highest BCUT2D eigenvalue weighted by Gasteiger charge is 2.61. The summed E-state index contributed by atoms with van der Waals surface area (Å²) in [6, 6.07) is 1.87. The summed E-state index contributed by atoms with van der Waals surface area (Å²) in [6.07, 6.45) is 11.5. The minimum Gasteiger partial charge on any atom is -0.390 e. The smallest absolute Gasteiger partial charge is 0.171 e. The third-order valence-corrected chi connectivity index (χ3v) is 9.96. The van der Waals surface area contributed by atoms with Gasteiger partial charge in [0, 0.05) is 12.0 Å². The van der Waals surface area contributed by atoms with Crippen LogP contribution in [0.25, 0.3) is 0 Å². The Morgan fingerprint density at radius 1 is 1.04 bits per heavy atom. The lowest BCUT2D eigenvalue weighted by Gasteiger charge is -2.61. The van der Waals surface area contributed by atoms with E-state index in [0.717, 1.165) is 49.1 Å². The summed E-state index contributed by atoms with van der Waals surface area (Å²) in [5.74, 6) is 4.38. The van der Waals surface area contributed by atoms with Gasteiger partial charge < -0.3 is 9.63 Å². The van der Waals surface area contributed by atoms with Gasteiger partial charge in [-0.05, 0) is 99.2 Å². The number of aromatic nitrogens is 1. The zero-order chi connectivity index (χ0) is 19.7. The van der Waals surface area contributed by atoms with E-state index in [1.54, 1.807) is 0 Å². The number of nitrogens with zero attached hydrogens (tertiary/aromatic N) is 1. The molecule has 1 heterocycles. The molecule has 0 aliphatic heterocycles. The molecule has 0 radical (unpaired) electrons. The average molecular weight is 386 g/mol. The molecule has 4 heteroatoms. The molecule has 28 heavy (non-hydrogen) atoms. The fourth-order valence-corrected chi connectivity index (χ4v) is 8.42. The number of hydrogen-bond acceptors (Lipinski definition) is 4. The molecule has 4 aliphatic carbocycles. The molecule has 0 aromatic carbocycles. The van der Waals surface area contributed by atoms with Crippen LogP contribution in [0.2, 0.25) is 0 Å². The highest BCUT2D eigenvalue weighted by atomic mass is 16.5. The SMILES string of the molecule is C[C@@]1(O)CC[C@@]2(C)C(CCC3C2CC[C@@]2(C)C3CC[C@@H]2c2cc(C=O)no2)C1. The van der Waals surface area contributed by atoms with Crippen LogP contribution < -0.4 is 0 Å². The maximum absolute atomic E-state index is 11.1. The molecular weight excluding hydrogens is 350 g/mol. The Bertz CT molecular complexity index is 770. The van der Waals surface area contributed by atoms with Gasteiger partial charge >= 0.3 is 0 Å². The third-order valence-electron chi connectivity index (χ3n) is 9.96. The Balaban J connectivity index is 1.41. The Hall–Kier alpha value is -1.16. The molecule has 1 N–H and O–H groups in total. The highest BCUT2D eigenvalue weighted by Crippen LogP contribution is 2.69. The minimum atomic E-state index is -0.457. The van der Waals surface area contributed by atoms with E-state index in [-0.39, 0.29) is 5.41 Å². The van der Waals surface area contributed by atoms with Crippen molar-refractivity contribution in [1.29, 1.82) is 0 Å². The minimum absolute atomic E-state index is 0.268. The van der Waals surface area contributed by atoms with Gasteiger partial charge in [0.2, 0.25) is 0 Å².